The molecule has 0 radical (unpaired) electrons. The zero-order chi connectivity index (χ0) is 19.3. The molecule has 1 N–H and O–H groups in total. The van der Waals surface area contributed by atoms with Gasteiger partial charge < -0.3 is 9.88 Å². The molecular weight excluding hydrogens is 370 g/mol. The van der Waals surface area contributed by atoms with Crippen molar-refractivity contribution in [2.75, 3.05) is 6.54 Å². The van der Waals surface area contributed by atoms with E-state index in [-0.39, 0.29) is 5.91 Å². The monoisotopic (exact) mass is 389 g/mol. The maximum atomic E-state index is 12.8. The van der Waals surface area contributed by atoms with E-state index < -0.39 is 0 Å². The molecule has 0 spiro atoms. The first-order valence-electron chi connectivity index (χ1n) is 9.20. The fourth-order valence-electron chi connectivity index (χ4n) is 3.31. The first-order valence-corrected chi connectivity index (χ1v) is 9.58. The molecule has 2 heterocycles. The van der Waals surface area contributed by atoms with Gasteiger partial charge in [-0.1, -0.05) is 48.0 Å². The lowest BCUT2D eigenvalue weighted by molar-refractivity contribution is 0.0955. The smallest absolute Gasteiger partial charge is 0.253 e. The second kappa shape index (κ2) is 8.28. The topological polar surface area (TPSA) is 46.9 Å². The number of nitrogens with one attached hydrogen (secondary N) is 1. The Hall–Kier alpha value is -3.11. The van der Waals surface area contributed by atoms with Crippen molar-refractivity contribution in [1.82, 2.24) is 14.9 Å². The van der Waals surface area contributed by atoms with E-state index in [4.69, 9.17) is 11.6 Å². The van der Waals surface area contributed by atoms with E-state index in [9.17, 15) is 4.79 Å². The van der Waals surface area contributed by atoms with E-state index in [2.05, 4.69) is 14.9 Å². The molecule has 0 fully saturated rings. The van der Waals surface area contributed by atoms with Gasteiger partial charge in [-0.3, -0.25) is 9.78 Å². The molecule has 0 saturated heterocycles. The van der Waals surface area contributed by atoms with Gasteiger partial charge in [0.05, 0.1) is 5.56 Å². The minimum atomic E-state index is -0.0602. The SMILES string of the molecule is O=C(NCCc1cccnc1)c1cn(Cc2ccc(Cl)cc2)c2ccccc12. The van der Waals surface area contributed by atoms with Crippen LogP contribution >= 0.6 is 11.6 Å². The zero-order valence-electron chi connectivity index (χ0n) is 15.3. The molecule has 0 saturated carbocycles. The quantitative estimate of drug-likeness (QED) is 0.519. The highest BCUT2D eigenvalue weighted by atomic mass is 35.5. The normalized spacial score (nSPS) is 10.9. The summed E-state index contributed by atoms with van der Waals surface area (Å²) in [5, 5.41) is 4.70. The van der Waals surface area contributed by atoms with Gasteiger partial charge in [0, 0.05) is 47.6 Å². The molecule has 0 aliphatic carbocycles. The van der Waals surface area contributed by atoms with Crippen LogP contribution in [0.4, 0.5) is 0 Å². The van der Waals surface area contributed by atoms with E-state index in [0.29, 0.717) is 18.7 Å². The number of nitrogens with zero attached hydrogens (tertiary/aromatic N) is 2. The van der Waals surface area contributed by atoms with Crippen LogP contribution in [0.3, 0.4) is 0 Å². The van der Waals surface area contributed by atoms with Crippen molar-refractivity contribution < 1.29 is 4.79 Å². The Bertz CT molecular complexity index is 1090. The van der Waals surface area contributed by atoms with E-state index in [1.165, 1.54) is 0 Å². The number of benzene rings is 2. The summed E-state index contributed by atoms with van der Waals surface area (Å²) in [7, 11) is 0. The molecule has 4 aromatic rings. The van der Waals surface area contributed by atoms with E-state index >= 15 is 0 Å². The maximum Gasteiger partial charge on any atom is 0.253 e. The predicted octanol–water partition coefficient (Wildman–Crippen LogP) is 4.71. The molecule has 2 aromatic carbocycles. The van der Waals surface area contributed by atoms with Gasteiger partial charge in [0.25, 0.3) is 5.91 Å². The second-order valence-electron chi connectivity index (χ2n) is 6.68. The number of hydrogen-bond donors (Lipinski definition) is 1. The van der Waals surface area contributed by atoms with Crippen LogP contribution in [0, 0.1) is 0 Å². The van der Waals surface area contributed by atoms with Gasteiger partial charge in [-0.15, -0.1) is 0 Å². The Morgan fingerprint density at radius 3 is 2.61 bits per heavy atom. The molecule has 5 heteroatoms. The number of para-hydroxylation sites is 1. The molecule has 4 nitrogen and oxygen atoms in total. The summed E-state index contributed by atoms with van der Waals surface area (Å²) in [5.74, 6) is -0.0602. The van der Waals surface area contributed by atoms with Crippen LogP contribution in [0.25, 0.3) is 10.9 Å². The largest absolute Gasteiger partial charge is 0.352 e. The number of aromatic nitrogens is 2. The van der Waals surface area contributed by atoms with E-state index in [1.54, 1.807) is 6.20 Å². The third-order valence-electron chi connectivity index (χ3n) is 4.72. The third-order valence-corrected chi connectivity index (χ3v) is 4.97. The first-order chi connectivity index (χ1) is 13.7. The summed E-state index contributed by atoms with van der Waals surface area (Å²) in [6, 6.07) is 19.7. The average Bonchev–Trinajstić information content (AvgIpc) is 3.09. The molecule has 4 rings (SSSR count). The third kappa shape index (κ3) is 4.07. The van der Waals surface area contributed by atoms with Crippen LogP contribution in [-0.2, 0) is 13.0 Å². The molecule has 0 bridgehead atoms. The highest BCUT2D eigenvalue weighted by molar-refractivity contribution is 6.30. The number of halogens is 1. The molecule has 2 aromatic heterocycles. The van der Waals surface area contributed by atoms with Gasteiger partial charge >= 0.3 is 0 Å². The van der Waals surface area contributed by atoms with Crippen molar-refractivity contribution in [3.8, 4) is 0 Å². The molecule has 28 heavy (non-hydrogen) atoms. The number of hydrogen-bond acceptors (Lipinski definition) is 2. The maximum absolute atomic E-state index is 12.8. The Kier molecular flexibility index (Phi) is 5.40. The Morgan fingerprint density at radius 1 is 1.00 bits per heavy atom. The molecular formula is C23H20ClN3O. The van der Waals surface area contributed by atoms with Crippen molar-refractivity contribution >= 4 is 28.4 Å². The first kappa shape index (κ1) is 18.3. The lowest BCUT2D eigenvalue weighted by Gasteiger charge is -2.05. The predicted molar refractivity (Wildman–Crippen MR) is 113 cm³/mol. The van der Waals surface area contributed by atoms with Crippen molar-refractivity contribution in [3.63, 3.8) is 0 Å². The Balaban J connectivity index is 1.53. The summed E-state index contributed by atoms with van der Waals surface area (Å²) in [4.78, 5) is 16.9. The molecule has 0 unspecified atom stereocenters. The van der Waals surface area contributed by atoms with Crippen LogP contribution in [0.5, 0.6) is 0 Å². The van der Waals surface area contributed by atoms with Crippen molar-refractivity contribution in [3.05, 3.63) is 101 Å². The summed E-state index contributed by atoms with van der Waals surface area (Å²) in [6.07, 6.45) is 6.25. The molecule has 140 valence electrons. The minimum absolute atomic E-state index is 0.0602. The Morgan fingerprint density at radius 2 is 1.82 bits per heavy atom. The lowest BCUT2D eigenvalue weighted by Crippen LogP contribution is -2.25. The fourth-order valence-corrected chi connectivity index (χ4v) is 3.43. The zero-order valence-corrected chi connectivity index (χ0v) is 16.1. The van der Waals surface area contributed by atoms with Crippen LogP contribution in [0.15, 0.2) is 79.3 Å². The van der Waals surface area contributed by atoms with Gasteiger partial charge in [-0.25, -0.2) is 0 Å². The Labute approximate surface area is 168 Å². The highest BCUT2D eigenvalue weighted by Gasteiger charge is 2.14. The fraction of sp³-hybridized carbons (Fsp3) is 0.130. The second-order valence-corrected chi connectivity index (χ2v) is 7.12. The number of carbonyl (C=O) groups is 1. The summed E-state index contributed by atoms with van der Waals surface area (Å²) >= 11 is 5.98. The number of rotatable bonds is 6. The van der Waals surface area contributed by atoms with Crippen LogP contribution in [0.1, 0.15) is 21.5 Å². The summed E-state index contributed by atoms with van der Waals surface area (Å²) < 4.78 is 2.11. The van der Waals surface area contributed by atoms with Crippen molar-refractivity contribution in [2.24, 2.45) is 0 Å². The highest BCUT2D eigenvalue weighted by Crippen LogP contribution is 2.23. The molecule has 0 aliphatic rings. The van der Waals surface area contributed by atoms with Crippen molar-refractivity contribution in [1.29, 1.82) is 0 Å². The average molecular weight is 390 g/mol. The molecule has 0 aliphatic heterocycles. The van der Waals surface area contributed by atoms with Crippen LogP contribution in [0.2, 0.25) is 5.02 Å². The van der Waals surface area contributed by atoms with Crippen LogP contribution in [-0.4, -0.2) is 22.0 Å². The van der Waals surface area contributed by atoms with Crippen molar-refractivity contribution in [2.45, 2.75) is 13.0 Å². The lowest BCUT2D eigenvalue weighted by atomic mass is 10.1. The number of fused-ring (bicyclic) bond motifs is 1. The summed E-state index contributed by atoms with van der Waals surface area (Å²) in [5.41, 5.74) is 3.97. The van der Waals surface area contributed by atoms with Gasteiger partial charge in [-0.2, -0.15) is 0 Å². The van der Waals surface area contributed by atoms with E-state index in [1.807, 2.05) is 73.1 Å². The molecule has 1 amide bonds. The number of amides is 1. The standard InChI is InChI=1S/C23H20ClN3O/c24-19-9-7-18(8-10-19)15-27-16-21(20-5-1-2-6-22(20)27)23(28)26-13-11-17-4-3-12-25-14-17/h1-10,12,14,16H,11,13,15H2,(H,26,28). The van der Waals surface area contributed by atoms with Gasteiger partial charge in [0.2, 0.25) is 0 Å². The summed E-state index contributed by atoms with van der Waals surface area (Å²) in [6.45, 7) is 1.25. The molecule has 0 atom stereocenters. The van der Waals surface area contributed by atoms with Gasteiger partial charge in [0.15, 0.2) is 0 Å². The minimum Gasteiger partial charge on any atom is -0.352 e. The van der Waals surface area contributed by atoms with Gasteiger partial charge in [-0.05, 0) is 41.8 Å². The number of carbonyl (C=O) groups excluding carboxylic acids is 1. The van der Waals surface area contributed by atoms with Gasteiger partial charge in [0.1, 0.15) is 0 Å². The number of pyridine rings is 1. The van der Waals surface area contributed by atoms with E-state index in [0.717, 1.165) is 33.5 Å². The van der Waals surface area contributed by atoms with Crippen LogP contribution < -0.4 is 5.32 Å².